The number of nitrogens with zero attached hydrogens (tertiary/aromatic N) is 1. The second-order valence-corrected chi connectivity index (χ2v) is 10.4. The van der Waals surface area contributed by atoms with Crippen LogP contribution >= 0.6 is 27.5 Å². The van der Waals surface area contributed by atoms with Crippen LogP contribution in [0.5, 0.6) is 0 Å². The molecule has 1 aromatic heterocycles. The lowest BCUT2D eigenvalue weighted by atomic mass is 10.1. The van der Waals surface area contributed by atoms with Gasteiger partial charge in [0.15, 0.2) is 0 Å². The van der Waals surface area contributed by atoms with Gasteiger partial charge in [0.1, 0.15) is 6.10 Å². The minimum Gasteiger partial charge on any atom is -0.462 e. The van der Waals surface area contributed by atoms with Gasteiger partial charge in [-0.1, -0.05) is 58.7 Å². The summed E-state index contributed by atoms with van der Waals surface area (Å²) in [6.45, 7) is 7.53. The molecule has 4 rings (SSSR count). The van der Waals surface area contributed by atoms with Crippen LogP contribution in [0.2, 0.25) is 5.02 Å². The fourth-order valence-electron chi connectivity index (χ4n) is 4.23. The highest BCUT2D eigenvalue weighted by Gasteiger charge is 2.21. The van der Waals surface area contributed by atoms with Gasteiger partial charge < -0.3 is 19.9 Å². The van der Waals surface area contributed by atoms with Gasteiger partial charge in [0.2, 0.25) is 6.41 Å². The molecule has 0 aliphatic carbocycles. The maximum atomic E-state index is 11.3. The van der Waals surface area contributed by atoms with E-state index in [-0.39, 0.29) is 12.1 Å². The number of aryl methyl sites for hydroxylation is 1. The maximum absolute atomic E-state index is 11.3. The molecule has 2 N–H and O–H groups in total. The number of rotatable bonds is 9. The summed E-state index contributed by atoms with van der Waals surface area (Å²) in [5.74, 6) is -0.0754. The summed E-state index contributed by atoms with van der Waals surface area (Å²) in [7, 11) is 0. The number of ether oxygens (including phenoxy) is 1. The molecule has 37 heavy (non-hydrogen) atoms. The number of aromatic amines is 1. The Morgan fingerprint density at radius 1 is 1.19 bits per heavy atom. The number of piperidine rings is 1. The van der Waals surface area contributed by atoms with E-state index in [0.717, 1.165) is 71.6 Å². The Labute approximate surface area is 232 Å². The number of hydrogen-bond donors (Lipinski definition) is 2. The molecule has 198 valence electrons. The van der Waals surface area contributed by atoms with E-state index in [1.165, 1.54) is 10.9 Å². The molecule has 8 heteroatoms. The molecule has 1 aliphatic rings. The molecule has 6 nitrogen and oxygen atoms in total. The quantitative estimate of drug-likeness (QED) is 0.168. The SMILES string of the molecule is CCCC(=O)OC1CCN(CCNC=O)CC1.Cc1c(/C=C/c2ccc(Cl)cc2)[nH]c2cc(Br)ccc12. The number of nitrogens with one attached hydrogen (secondary N) is 2. The molecule has 0 radical (unpaired) electrons. The van der Waals surface area contributed by atoms with E-state index in [4.69, 9.17) is 16.3 Å². The zero-order valence-corrected chi connectivity index (χ0v) is 23.8. The number of esters is 1. The molecule has 0 unspecified atom stereocenters. The molecule has 2 aromatic carbocycles. The van der Waals surface area contributed by atoms with Crippen LogP contribution < -0.4 is 5.32 Å². The summed E-state index contributed by atoms with van der Waals surface area (Å²) in [5.41, 5.74) is 4.67. The van der Waals surface area contributed by atoms with E-state index in [1.807, 2.05) is 31.2 Å². The molecule has 0 saturated carbocycles. The zero-order chi connectivity index (χ0) is 26.6. The Bertz CT molecular complexity index is 1190. The first-order chi connectivity index (χ1) is 17.9. The number of hydrogen-bond acceptors (Lipinski definition) is 4. The fourth-order valence-corrected chi connectivity index (χ4v) is 4.72. The number of H-pyrrole nitrogens is 1. The molecule has 1 fully saturated rings. The van der Waals surface area contributed by atoms with Gasteiger partial charge in [0.25, 0.3) is 0 Å². The zero-order valence-electron chi connectivity index (χ0n) is 21.4. The lowest BCUT2D eigenvalue weighted by molar-refractivity contribution is -0.151. The highest BCUT2D eigenvalue weighted by molar-refractivity contribution is 9.10. The average Bonchev–Trinajstić information content (AvgIpc) is 3.20. The van der Waals surface area contributed by atoms with Crippen molar-refractivity contribution in [3.8, 4) is 0 Å². The van der Waals surface area contributed by atoms with E-state index in [9.17, 15) is 9.59 Å². The van der Waals surface area contributed by atoms with Crippen LogP contribution in [0.1, 0.15) is 49.4 Å². The van der Waals surface area contributed by atoms with E-state index in [1.54, 1.807) is 0 Å². The normalized spacial score (nSPS) is 14.4. The smallest absolute Gasteiger partial charge is 0.306 e. The molecule has 1 saturated heterocycles. The van der Waals surface area contributed by atoms with Crippen molar-refractivity contribution in [2.24, 2.45) is 0 Å². The van der Waals surface area contributed by atoms with E-state index in [0.29, 0.717) is 13.0 Å². The summed E-state index contributed by atoms with van der Waals surface area (Å²) < 4.78 is 6.45. The first-order valence-electron chi connectivity index (χ1n) is 12.7. The maximum Gasteiger partial charge on any atom is 0.306 e. The third-order valence-electron chi connectivity index (χ3n) is 6.31. The second kappa shape index (κ2) is 15.0. The van der Waals surface area contributed by atoms with Gasteiger partial charge in [-0.15, -0.1) is 0 Å². The predicted octanol–water partition coefficient (Wildman–Crippen LogP) is 6.60. The topological polar surface area (TPSA) is 74.4 Å². The summed E-state index contributed by atoms with van der Waals surface area (Å²) in [5, 5.41) is 4.66. The fraction of sp³-hybridized carbons (Fsp3) is 0.379. The first-order valence-corrected chi connectivity index (χ1v) is 13.9. The van der Waals surface area contributed by atoms with Crippen LogP contribution in [0.3, 0.4) is 0 Å². The largest absolute Gasteiger partial charge is 0.462 e. The molecule has 0 atom stereocenters. The van der Waals surface area contributed by atoms with Gasteiger partial charge in [-0.2, -0.15) is 0 Å². The molecule has 2 heterocycles. The van der Waals surface area contributed by atoms with Crippen LogP contribution in [0, 0.1) is 6.92 Å². The third-order valence-corrected chi connectivity index (χ3v) is 7.06. The van der Waals surface area contributed by atoms with Crippen molar-refractivity contribution < 1.29 is 14.3 Å². The highest BCUT2D eigenvalue weighted by atomic mass is 79.9. The molecule has 1 amide bonds. The van der Waals surface area contributed by atoms with E-state index in [2.05, 4.69) is 68.4 Å². The van der Waals surface area contributed by atoms with Crippen molar-refractivity contribution in [2.45, 2.75) is 45.6 Å². The van der Waals surface area contributed by atoms with Crippen LogP contribution in [-0.2, 0) is 14.3 Å². The summed E-state index contributed by atoms with van der Waals surface area (Å²) in [4.78, 5) is 27.1. The van der Waals surface area contributed by atoms with Gasteiger partial charge in [0.05, 0.1) is 0 Å². The average molecular weight is 589 g/mol. The monoisotopic (exact) mass is 587 g/mol. The lowest BCUT2D eigenvalue weighted by Crippen LogP contribution is -2.40. The first kappa shape index (κ1) is 29.0. The Kier molecular flexibility index (Phi) is 11.7. The van der Waals surface area contributed by atoms with Crippen molar-refractivity contribution in [3.63, 3.8) is 0 Å². The minimum absolute atomic E-state index is 0.0754. The standard InChI is InChI=1S/C17H13BrClN.C12H22N2O3/c1-11-15-8-5-13(18)10-17(15)20-16(11)9-4-12-2-6-14(19)7-3-12;1-2-3-12(16)17-11-4-7-14(8-5-11)9-6-13-10-15/h2-10,20H,1H3;10-11H,2-9H2,1H3,(H,13,15)/b9-4+;. The van der Waals surface area contributed by atoms with Crippen molar-refractivity contribution >= 4 is 63.0 Å². The van der Waals surface area contributed by atoms with Crippen molar-refractivity contribution in [2.75, 3.05) is 26.2 Å². The van der Waals surface area contributed by atoms with E-state index < -0.39 is 0 Å². The van der Waals surface area contributed by atoms with Crippen LogP contribution in [0.25, 0.3) is 23.1 Å². The van der Waals surface area contributed by atoms with Crippen LogP contribution in [0.15, 0.2) is 46.9 Å². The van der Waals surface area contributed by atoms with Crippen molar-refractivity contribution in [1.82, 2.24) is 15.2 Å². The molecule has 1 aliphatic heterocycles. The number of aromatic nitrogens is 1. The number of fused-ring (bicyclic) bond motifs is 1. The van der Waals surface area contributed by atoms with Crippen LogP contribution in [-0.4, -0.2) is 54.5 Å². The van der Waals surface area contributed by atoms with Gasteiger partial charge in [-0.3, -0.25) is 9.59 Å². The third kappa shape index (κ3) is 9.33. The van der Waals surface area contributed by atoms with Gasteiger partial charge >= 0.3 is 5.97 Å². The lowest BCUT2D eigenvalue weighted by Gasteiger charge is -2.31. The number of likely N-dealkylation sites (tertiary alicyclic amines) is 1. The van der Waals surface area contributed by atoms with Gasteiger partial charge in [0, 0.05) is 58.7 Å². The van der Waals surface area contributed by atoms with Gasteiger partial charge in [-0.25, -0.2) is 0 Å². The number of amides is 1. The molecule has 0 bridgehead atoms. The van der Waals surface area contributed by atoms with Crippen LogP contribution in [0.4, 0.5) is 0 Å². The summed E-state index contributed by atoms with van der Waals surface area (Å²) >= 11 is 9.39. The predicted molar refractivity (Wildman–Crippen MR) is 156 cm³/mol. The molecular weight excluding hydrogens is 554 g/mol. The van der Waals surface area contributed by atoms with Crippen molar-refractivity contribution in [1.29, 1.82) is 0 Å². The van der Waals surface area contributed by atoms with E-state index >= 15 is 0 Å². The Balaban J connectivity index is 0.000000209. The molecule has 3 aromatic rings. The number of carbonyl (C=O) groups excluding carboxylic acids is 2. The Hall–Kier alpha value is -2.61. The number of benzene rings is 2. The summed E-state index contributed by atoms with van der Waals surface area (Å²) in [6, 6.07) is 14.1. The van der Waals surface area contributed by atoms with Crippen molar-refractivity contribution in [3.05, 3.63) is 68.8 Å². The summed E-state index contributed by atoms with van der Waals surface area (Å²) in [6.07, 6.45) is 8.16. The highest BCUT2D eigenvalue weighted by Crippen LogP contribution is 2.26. The number of carbonyl (C=O) groups is 2. The van der Waals surface area contributed by atoms with Gasteiger partial charge in [-0.05, 0) is 67.7 Å². The molecule has 0 spiro atoms. The second-order valence-electron chi connectivity index (χ2n) is 9.09. The molecular formula is C29H35BrClN3O3. The number of halogens is 2. The Morgan fingerprint density at radius 2 is 1.92 bits per heavy atom. The Morgan fingerprint density at radius 3 is 2.59 bits per heavy atom. The minimum atomic E-state index is -0.0754.